The Hall–Kier alpha value is -2.13. The molecule has 1 aliphatic heterocycles. The fourth-order valence-corrected chi connectivity index (χ4v) is 3.22. The summed E-state index contributed by atoms with van der Waals surface area (Å²) in [5.74, 6) is 0.220. The molecule has 1 amide bonds. The van der Waals surface area contributed by atoms with Crippen LogP contribution in [0.25, 0.3) is 0 Å². The summed E-state index contributed by atoms with van der Waals surface area (Å²) in [5, 5.41) is 0. The third-order valence-electron chi connectivity index (χ3n) is 4.56. The molecule has 0 saturated carbocycles. The van der Waals surface area contributed by atoms with E-state index in [0.717, 1.165) is 31.6 Å². The number of piperidine rings is 1. The number of para-hydroxylation sites is 1. The van der Waals surface area contributed by atoms with Crippen LogP contribution in [0.2, 0.25) is 0 Å². The Kier molecular flexibility index (Phi) is 4.77. The van der Waals surface area contributed by atoms with Gasteiger partial charge in [-0.2, -0.15) is 0 Å². The highest BCUT2D eigenvalue weighted by molar-refractivity contribution is 5.97. The first kappa shape index (κ1) is 15.8. The molecule has 3 nitrogen and oxygen atoms in total. The van der Waals surface area contributed by atoms with E-state index in [9.17, 15) is 4.79 Å². The number of benzene rings is 2. The fourth-order valence-electron chi connectivity index (χ4n) is 3.22. The molecule has 0 radical (unpaired) electrons. The van der Waals surface area contributed by atoms with E-state index in [0.29, 0.717) is 0 Å². The van der Waals surface area contributed by atoms with Gasteiger partial charge in [0, 0.05) is 18.8 Å². The van der Waals surface area contributed by atoms with Crippen LogP contribution in [0.15, 0.2) is 54.6 Å². The Morgan fingerprint density at radius 3 is 2.48 bits per heavy atom. The van der Waals surface area contributed by atoms with E-state index in [1.54, 1.807) is 0 Å². The molecule has 23 heavy (non-hydrogen) atoms. The number of amides is 1. The van der Waals surface area contributed by atoms with Crippen molar-refractivity contribution < 1.29 is 4.79 Å². The fraction of sp³-hybridized carbons (Fsp3) is 0.350. The number of aryl methyl sites for hydroxylation is 1. The van der Waals surface area contributed by atoms with Crippen LogP contribution in [-0.2, 0) is 11.3 Å². The Balaban J connectivity index is 1.71. The maximum atomic E-state index is 12.9. The average molecular weight is 308 g/mol. The minimum Gasteiger partial charge on any atom is -0.311 e. The molecular formula is C20H24N2O. The number of likely N-dealkylation sites (N-methyl/N-ethyl adjacent to an activating group) is 1. The molecule has 3 heteroatoms. The Labute approximate surface area is 138 Å². The predicted molar refractivity (Wildman–Crippen MR) is 94.5 cm³/mol. The molecule has 0 aromatic heterocycles. The third-order valence-corrected chi connectivity index (χ3v) is 4.56. The van der Waals surface area contributed by atoms with Gasteiger partial charge < -0.3 is 4.90 Å². The molecule has 0 N–H and O–H groups in total. The molecule has 1 heterocycles. The monoisotopic (exact) mass is 308 g/mol. The van der Waals surface area contributed by atoms with Crippen LogP contribution in [-0.4, -0.2) is 30.4 Å². The summed E-state index contributed by atoms with van der Waals surface area (Å²) >= 11 is 0. The standard InChI is InChI=1S/C20H24N2O/c1-16-10-12-17(13-11-16)15-21(2)19-9-6-14-22(20(19)23)18-7-4-3-5-8-18/h3-5,7-8,10-13,19H,6,9,14-15H2,1-2H3. The van der Waals surface area contributed by atoms with E-state index in [2.05, 4.69) is 43.1 Å². The summed E-state index contributed by atoms with van der Waals surface area (Å²) in [5.41, 5.74) is 3.52. The quantitative estimate of drug-likeness (QED) is 0.861. The number of anilines is 1. The highest BCUT2D eigenvalue weighted by Crippen LogP contribution is 2.24. The minimum absolute atomic E-state index is 0.0368. The number of hydrogen-bond acceptors (Lipinski definition) is 2. The van der Waals surface area contributed by atoms with Gasteiger partial charge in [0.1, 0.15) is 0 Å². The summed E-state index contributed by atoms with van der Waals surface area (Å²) in [7, 11) is 2.05. The van der Waals surface area contributed by atoms with Gasteiger partial charge in [0.2, 0.25) is 5.91 Å². The van der Waals surface area contributed by atoms with Crippen LogP contribution in [0, 0.1) is 6.92 Å². The van der Waals surface area contributed by atoms with Crippen molar-refractivity contribution in [3.8, 4) is 0 Å². The van der Waals surface area contributed by atoms with E-state index in [1.807, 2.05) is 35.2 Å². The predicted octanol–water partition coefficient (Wildman–Crippen LogP) is 3.62. The van der Waals surface area contributed by atoms with E-state index < -0.39 is 0 Å². The topological polar surface area (TPSA) is 23.6 Å². The summed E-state index contributed by atoms with van der Waals surface area (Å²) < 4.78 is 0. The van der Waals surface area contributed by atoms with E-state index in [-0.39, 0.29) is 11.9 Å². The number of hydrogen-bond donors (Lipinski definition) is 0. The maximum Gasteiger partial charge on any atom is 0.244 e. The second-order valence-electron chi connectivity index (χ2n) is 6.38. The maximum absolute atomic E-state index is 12.9. The second-order valence-corrected chi connectivity index (χ2v) is 6.38. The van der Waals surface area contributed by atoms with Crippen molar-refractivity contribution in [1.29, 1.82) is 0 Å². The lowest BCUT2D eigenvalue weighted by Crippen LogP contribution is -2.51. The van der Waals surface area contributed by atoms with Gasteiger partial charge in [-0.05, 0) is 44.5 Å². The Morgan fingerprint density at radius 2 is 1.78 bits per heavy atom. The highest BCUT2D eigenvalue weighted by Gasteiger charge is 2.32. The van der Waals surface area contributed by atoms with Gasteiger partial charge in [-0.3, -0.25) is 9.69 Å². The van der Waals surface area contributed by atoms with Crippen LogP contribution in [0.3, 0.4) is 0 Å². The number of carbonyl (C=O) groups is 1. The van der Waals surface area contributed by atoms with Gasteiger partial charge in [0.25, 0.3) is 0 Å². The Bertz CT molecular complexity index is 651. The minimum atomic E-state index is -0.0368. The second kappa shape index (κ2) is 6.97. The zero-order chi connectivity index (χ0) is 16.2. The number of rotatable bonds is 4. The summed E-state index contributed by atoms with van der Waals surface area (Å²) in [4.78, 5) is 17.0. The Morgan fingerprint density at radius 1 is 1.09 bits per heavy atom. The first-order valence-corrected chi connectivity index (χ1v) is 8.27. The summed E-state index contributed by atoms with van der Waals surface area (Å²) in [6.45, 7) is 3.72. The van der Waals surface area contributed by atoms with Gasteiger partial charge in [0.15, 0.2) is 0 Å². The lowest BCUT2D eigenvalue weighted by Gasteiger charge is -2.37. The molecule has 0 aliphatic carbocycles. The molecule has 1 unspecified atom stereocenters. The van der Waals surface area contributed by atoms with Crippen LogP contribution in [0.1, 0.15) is 24.0 Å². The van der Waals surface area contributed by atoms with Crippen LogP contribution >= 0.6 is 0 Å². The largest absolute Gasteiger partial charge is 0.311 e. The zero-order valence-electron chi connectivity index (χ0n) is 13.9. The molecule has 120 valence electrons. The molecule has 0 spiro atoms. The van der Waals surface area contributed by atoms with Crippen molar-refractivity contribution in [3.05, 3.63) is 65.7 Å². The van der Waals surface area contributed by atoms with Crippen molar-refractivity contribution in [2.45, 2.75) is 32.4 Å². The number of nitrogens with zero attached hydrogens (tertiary/aromatic N) is 2. The van der Waals surface area contributed by atoms with Crippen molar-refractivity contribution in [2.75, 3.05) is 18.5 Å². The van der Waals surface area contributed by atoms with Gasteiger partial charge in [-0.25, -0.2) is 0 Å². The smallest absolute Gasteiger partial charge is 0.244 e. The number of carbonyl (C=O) groups excluding carboxylic acids is 1. The van der Waals surface area contributed by atoms with Crippen LogP contribution in [0.5, 0.6) is 0 Å². The van der Waals surface area contributed by atoms with Crippen molar-refractivity contribution in [3.63, 3.8) is 0 Å². The molecular weight excluding hydrogens is 284 g/mol. The molecule has 0 bridgehead atoms. The molecule has 1 aliphatic rings. The lowest BCUT2D eigenvalue weighted by molar-refractivity contribution is -0.125. The molecule has 2 aromatic carbocycles. The molecule has 1 fully saturated rings. The van der Waals surface area contributed by atoms with Gasteiger partial charge in [-0.15, -0.1) is 0 Å². The average Bonchev–Trinajstić information content (AvgIpc) is 2.58. The van der Waals surface area contributed by atoms with E-state index in [4.69, 9.17) is 0 Å². The molecule has 3 rings (SSSR count). The van der Waals surface area contributed by atoms with E-state index >= 15 is 0 Å². The van der Waals surface area contributed by atoms with Gasteiger partial charge in [-0.1, -0.05) is 48.0 Å². The van der Waals surface area contributed by atoms with Crippen LogP contribution in [0.4, 0.5) is 5.69 Å². The van der Waals surface area contributed by atoms with Crippen molar-refractivity contribution in [1.82, 2.24) is 4.90 Å². The van der Waals surface area contributed by atoms with Gasteiger partial charge in [0.05, 0.1) is 6.04 Å². The zero-order valence-corrected chi connectivity index (χ0v) is 13.9. The molecule has 1 atom stereocenters. The van der Waals surface area contributed by atoms with Gasteiger partial charge >= 0.3 is 0 Å². The van der Waals surface area contributed by atoms with Crippen molar-refractivity contribution in [2.24, 2.45) is 0 Å². The summed E-state index contributed by atoms with van der Waals surface area (Å²) in [6.07, 6.45) is 1.98. The van der Waals surface area contributed by atoms with Crippen LogP contribution < -0.4 is 4.90 Å². The first-order valence-electron chi connectivity index (χ1n) is 8.27. The van der Waals surface area contributed by atoms with E-state index in [1.165, 1.54) is 11.1 Å². The lowest BCUT2D eigenvalue weighted by atomic mass is 10.0. The summed E-state index contributed by atoms with van der Waals surface area (Å²) in [6, 6.07) is 18.5. The first-order chi connectivity index (χ1) is 11.1. The molecule has 1 saturated heterocycles. The normalized spacial score (nSPS) is 18.5. The molecule has 2 aromatic rings. The third kappa shape index (κ3) is 3.62. The highest BCUT2D eigenvalue weighted by atomic mass is 16.2. The van der Waals surface area contributed by atoms with Crippen molar-refractivity contribution >= 4 is 11.6 Å². The SMILES string of the molecule is Cc1ccc(CN(C)C2CCCN(c3ccccc3)C2=O)cc1.